The van der Waals surface area contributed by atoms with Crippen molar-refractivity contribution in [2.45, 2.75) is 0 Å². The minimum atomic E-state index is -1.13. The zero-order chi connectivity index (χ0) is 49.5. The quantitative estimate of drug-likeness (QED) is 0.0327. The van der Waals surface area contributed by atoms with E-state index in [0.717, 1.165) is 17.7 Å². The van der Waals surface area contributed by atoms with Crippen molar-refractivity contribution in [1.29, 1.82) is 0 Å². The molecule has 0 atom stereocenters. The highest BCUT2D eigenvalue weighted by atomic mass is 16.4. The number of nitrogens with zero attached hydrogens (tertiary/aromatic N) is 3. The summed E-state index contributed by atoms with van der Waals surface area (Å²) in [6.07, 6.45) is 0. The fourth-order valence-corrected chi connectivity index (χ4v) is 8.17. The molecular formula is C54H40BN3O12. The number of anilines is 9. The van der Waals surface area contributed by atoms with Gasteiger partial charge in [0, 0.05) is 40.2 Å². The van der Waals surface area contributed by atoms with Gasteiger partial charge in [-0.1, -0.05) is 84.9 Å². The monoisotopic (exact) mass is 933 g/mol. The Morgan fingerprint density at radius 2 is 0.486 bits per heavy atom. The van der Waals surface area contributed by atoms with E-state index in [1.807, 2.05) is 0 Å². The van der Waals surface area contributed by atoms with Gasteiger partial charge in [0.1, 0.15) is 30.7 Å². The van der Waals surface area contributed by atoms with Gasteiger partial charge in [-0.05, 0) is 107 Å². The minimum absolute atomic E-state index is 0.132. The number of hydrogen-bond donors (Lipinski definition) is 12. The molecule has 0 saturated carbocycles. The van der Waals surface area contributed by atoms with Crippen molar-refractivity contribution in [2.75, 3.05) is 14.7 Å². The van der Waals surface area contributed by atoms with Crippen LogP contribution in [0.3, 0.4) is 0 Å². The van der Waals surface area contributed by atoms with Crippen molar-refractivity contribution in [3.63, 3.8) is 0 Å². The first-order chi connectivity index (χ1) is 33.6. The first-order valence-corrected chi connectivity index (χ1v) is 21.2. The Labute approximate surface area is 400 Å². The predicted molar refractivity (Wildman–Crippen MR) is 267 cm³/mol. The smallest absolute Gasteiger partial charge is 0.208 e. The van der Waals surface area contributed by atoms with Gasteiger partial charge >= 0.3 is 0 Å². The molecule has 0 aromatic heterocycles. The molecule has 9 aromatic carbocycles. The number of rotatable bonds is 11. The molecule has 12 N–H and O–H groups in total. The lowest BCUT2D eigenvalue weighted by atomic mass is 9.93. The van der Waals surface area contributed by atoms with Crippen LogP contribution in [0.1, 0.15) is 0 Å². The van der Waals surface area contributed by atoms with Crippen LogP contribution in [0.4, 0.5) is 51.2 Å². The van der Waals surface area contributed by atoms with Crippen LogP contribution in [0.25, 0.3) is 22.3 Å². The Morgan fingerprint density at radius 1 is 0.243 bits per heavy atom. The van der Waals surface area contributed by atoms with Crippen LogP contribution in [0, 0.1) is 0 Å². The van der Waals surface area contributed by atoms with E-state index in [4.69, 9.17) is 7.85 Å². The lowest BCUT2D eigenvalue weighted by molar-refractivity contribution is 0.329. The molecule has 15 nitrogen and oxygen atoms in total. The first kappa shape index (κ1) is 45.2. The highest BCUT2D eigenvalue weighted by Gasteiger charge is 2.30. The van der Waals surface area contributed by atoms with Gasteiger partial charge in [0.15, 0.2) is 46.0 Å². The molecule has 0 aliphatic heterocycles. The number of benzene rings is 9. The summed E-state index contributed by atoms with van der Waals surface area (Å²) in [6.45, 7) is 0. The molecule has 9 rings (SSSR count). The highest BCUT2D eigenvalue weighted by molar-refractivity contribution is 6.35. The van der Waals surface area contributed by atoms with Crippen molar-refractivity contribution in [1.82, 2.24) is 0 Å². The van der Waals surface area contributed by atoms with Gasteiger partial charge in [0.25, 0.3) is 0 Å². The molecule has 346 valence electrons. The summed E-state index contributed by atoms with van der Waals surface area (Å²) in [7, 11) is 5.98. The second-order valence-corrected chi connectivity index (χ2v) is 15.9. The van der Waals surface area contributed by atoms with Gasteiger partial charge in [-0.25, -0.2) is 0 Å². The molecule has 2 radical (unpaired) electrons. The van der Waals surface area contributed by atoms with Gasteiger partial charge in [-0.3, -0.25) is 0 Å². The zero-order valence-electron chi connectivity index (χ0n) is 36.5. The largest absolute Gasteiger partial charge is 0.506 e. The van der Waals surface area contributed by atoms with Crippen LogP contribution in [-0.4, -0.2) is 69.1 Å². The highest BCUT2D eigenvalue weighted by Crippen LogP contribution is 2.58. The maximum atomic E-state index is 11.2. The molecule has 0 unspecified atom stereocenters. The van der Waals surface area contributed by atoms with Gasteiger partial charge in [-0.2, -0.15) is 0 Å². The van der Waals surface area contributed by atoms with E-state index in [2.05, 4.69) is 0 Å². The van der Waals surface area contributed by atoms with Gasteiger partial charge in [0.05, 0.1) is 0 Å². The van der Waals surface area contributed by atoms with Gasteiger partial charge in [0.2, 0.25) is 17.2 Å². The summed E-state index contributed by atoms with van der Waals surface area (Å²) in [5, 5.41) is 129. The van der Waals surface area contributed by atoms with E-state index >= 15 is 0 Å². The molecule has 0 fully saturated rings. The number of phenols is 12. The SMILES string of the molecule is [B]c1cc(O)c(O)c(N(c2ccccc2)c2ccc(-c3ccc(N(c4ccc(-c5ccc(N(c6ccccc6)c6c(O)c(O)cc(O)c6O)cc5)cc4)c4c(O)c(O)c(O)c(O)c4O)cc3)cc2)c1O. The number of para-hydroxylation sites is 2. The molecule has 0 aliphatic carbocycles. The molecule has 0 saturated heterocycles. The second-order valence-electron chi connectivity index (χ2n) is 15.9. The summed E-state index contributed by atoms with van der Waals surface area (Å²) in [5.74, 6) is -9.28. The Morgan fingerprint density at radius 3 is 0.800 bits per heavy atom. The third-order valence-electron chi connectivity index (χ3n) is 11.7. The Kier molecular flexibility index (Phi) is 11.6. The minimum Gasteiger partial charge on any atom is -0.506 e. The molecular weight excluding hydrogens is 893 g/mol. The van der Waals surface area contributed by atoms with Crippen LogP contribution in [-0.2, 0) is 0 Å². The summed E-state index contributed by atoms with van der Waals surface area (Å²) in [5.41, 5.74) is 4.47. The fraction of sp³-hybridized carbons (Fsp3) is 0. The van der Waals surface area contributed by atoms with Crippen LogP contribution >= 0.6 is 0 Å². The van der Waals surface area contributed by atoms with Crippen molar-refractivity contribution in [2.24, 2.45) is 0 Å². The summed E-state index contributed by atoms with van der Waals surface area (Å²) >= 11 is 0. The molecule has 70 heavy (non-hydrogen) atoms. The lowest BCUT2D eigenvalue weighted by Gasteiger charge is -2.28. The van der Waals surface area contributed by atoms with E-state index in [1.165, 1.54) is 14.7 Å². The van der Waals surface area contributed by atoms with Crippen molar-refractivity contribution in [3.05, 3.63) is 170 Å². The summed E-state index contributed by atoms with van der Waals surface area (Å²) in [6, 6.07) is 47.1. The molecule has 0 spiro atoms. The molecule has 0 aliphatic rings. The van der Waals surface area contributed by atoms with Crippen LogP contribution in [0.2, 0.25) is 0 Å². The molecule has 0 bridgehead atoms. The normalized spacial score (nSPS) is 11.0. The van der Waals surface area contributed by atoms with E-state index in [1.54, 1.807) is 158 Å². The van der Waals surface area contributed by atoms with Gasteiger partial charge < -0.3 is 76.0 Å². The second kappa shape index (κ2) is 18.0. The van der Waals surface area contributed by atoms with E-state index < -0.39 is 74.7 Å². The van der Waals surface area contributed by atoms with E-state index in [0.29, 0.717) is 50.8 Å². The molecule has 0 amide bonds. The predicted octanol–water partition coefficient (Wildman–Crippen LogP) is 10.7. The number of hydrogen-bond acceptors (Lipinski definition) is 15. The van der Waals surface area contributed by atoms with Crippen LogP contribution in [0.5, 0.6) is 69.0 Å². The average molecular weight is 934 g/mol. The number of phenolic OH excluding ortho intramolecular Hbond substituents is 12. The van der Waals surface area contributed by atoms with Crippen molar-refractivity contribution < 1.29 is 61.3 Å². The van der Waals surface area contributed by atoms with Crippen molar-refractivity contribution in [3.8, 4) is 91.2 Å². The molecule has 0 heterocycles. The van der Waals surface area contributed by atoms with E-state index in [9.17, 15) is 61.3 Å². The zero-order valence-corrected chi connectivity index (χ0v) is 36.5. The Bertz CT molecular complexity index is 3120. The average Bonchev–Trinajstić information content (AvgIpc) is 3.38. The maximum Gasteiger partial charge on any atom is 0.208 e. The maximum absolute atomic E-state index is 11.2. The van der Waals surface area contributed by atoms with Gasteiger partial charge in [-0.15, -0.1) is 0 Å². The van der Waals surface area contributed by atoms with Crippen molar-refractivity contribution >= 4 is 64.5 Å². The molecule has 16 heteroatoms. The molecule has 9 aromatic rings. The summed E-state index contributed by atoms with van der Waals surface area (Å²) < 4.78 is 0. The van der Waals surface area contributed by atoms with E-state index in [-0.39, 0.29) is 16.8 Å². The van der Waals surface area contributed by atoms with Crippen LogP contribution in [0.15, 0.2) is 170 Å². The topological polar surface area (TPSA) is 252 Å². The lowest BCUT2D eigenvalue weighted by Crippen LogP contribution is -2.14. The third kappa shape index (κ3) is 7.96. The Balaban J connectivity index is 1.06. The number of aromatic hydroxyl groups is 12. The first-order valence-electron chi connectivity index (χ1n) is 21.2. The standard InChI is InChI=1S/C54H40BN3O12/c55-39-27-40(59)47(63)43(46(39)62)56(33-7-3-1-4-8-33)35-19-11-29(12-20-35)31-15-23-37(24-16-31)58(45-50(66)52(68)54(70)53(69)51(45)67)38-25-17-32(18-26-38)30-13-21-36(22-14-30)57(34-9-5-2-6-10-34)44-48(64)41(60)28-42(61)49(44)65/h1-28,59-70H. The van der Waals surface area contributed by atoms with Crippen LogP contribution < -0.4 is 20.2 Å². The fourth-order valence-electron chi connectivity index (χ4n) is 8.17. The Hall–Kier alpha value is -9.96. The third-order valence-corrected chi connectivity index (χ3v) is 11.7. The summed E-state index contributed by atoms with van der Waals surface area (Å²) in [4.78, 5) is 4.37.